The van der Waals surface area contributed by atoms with E-state index >= 15 is 0 Å². The number of thiazole rings is 1. The summed E-state index contributed by atoms with van der Waals surface area (Å²) < 4.78 is 0. The van der Waals surface area contributed by atoms with Crippen LogP contribution in [0.2, 0.25) is 0 Å². The zero-order valence-corrected chi connectivity index (χ0v) is 11.6. The zero-order valence-electron chi connectivity index (χ0n) is 10.8. The predicted octanol–water partition coefficient (Wildman–Crippen LogP) is 4.41. The van der Waals surface area contributed by atoms with Gasteiger partial charge in [0.2, 0.25) is 0 Å². The van der Waals surface area contributed by atoms with Crippen molar-refractivity contribution in [2.24, 2.45) is 0 Å². The number of nitrogens with two attached hydrogens (primary N) is 1. The SMILES string of the molecule is CCC(C)c1ccc(C=Cc2csc(N)n2)cc1. The van der Waals surface area contributed by atoms with Gasteiger partial charge in [-0.25, -0.2) is 4.98 Å². The second-order valence-electron chi connectivity index (χ2n) is 4.42. The molecule has 0 aliphatic carbocycles. The second kappa shape index (κ2) is 5.83. The number of nitrogen functional groups attached to an aromatic ring is 1. The lowest BCUT2D eigenvalue weighted by molar-refractivity contribution is 0.733. The van der Waals surface area contributed by atoms with E-state index in [2.05, 4.69) is 49.2 Å². The summed E-state index contributed by atoms with van der Waals surface area (Å²) in [6.45, 7) is 4.47. The Hall–Kier alpha value is -1.61. The molecule has 2 aromatic rings. The van der Waals surface area contributed by atoms with Gasteiger partial charge in [-0.3, -0.25) is 0 Å². The minimum Gasteiger partial charge on any atom is -0.375 e. The third-order valence-electron chi connectivity index (χ3n) is 3.10. The van der Waals surface area contributed by atoms with E-state index in [9.17, 15) is 0 Å². The van der Waals surface area contributed by atoms with Crippen molar-refractivity contribution in [3.8, 4) is 0 Å². The highest BCUT2D eigenvalue weighted by Crippen LogP contribution is 2.20. The highest BCUT2D eigenvalue weighted by atomic mass is 32.1. The summed E-state index contributed by atoms with van der Waals surface area (Å²) in [5, 5.41) is 2.57. The van der Waals surface area contributed by atoms with E-state index < -0.39 is 0 Å². The van der Waals surface area contributed by atoms with E-state index in [1.807, 2.05) is 11.5 Å². The van der Waals surface area contributed by atoms with Gasteiger partial charge in [0, 0.05) is 5.38 Å². The number of anilines is 1. The molecule has 1 atom stereocenters. The lowest BCUT2D eigenvalue weighted by Crippen LogP contribution is -1.90. The maximum absolute atomic E-state index is 5.59. The monoisotopic (exact) mass is 258 g/mol. The van der Waals surface area contributed by atoms with Crippen molar-refractivity contribution in [2.45, 2.75) is 26.2 Å². The summed E-state index contributed by atoms with van der Waals surface area (Å²) in [4.78, 5) is 4.19. The predicted molar refractivity (Wildman–Crippen MR) is 80.6 cm³/mol. The quantitative estimate of drug-likeness (QED) is 0.882. The van der Waals surface area contributed by atoms with Crippen molar-refractivity contribution in [1.29, 1.82) is 0 Å². The summed E-state index contributed by atoms with van der Waals surface area (Å²) in [6, 6.07) is 8.69. The van der Waals surface area contributed by atoms with Crippen LogP contribution in [0.1, 0.15) is 43.0 Å². The first-order valence-corrected chi connectivity index (χ1v) is 7.06. The van der Waals surface area contributed by atoms with Crippen LogP contribution >= 0.6 is 11.3 Å². The third-order valence-corrected chi connectivity index (χ3v) is 3.80. The molecule has 2 N–H and O–H groups in total. The molecule has 0 fully saturated rings. The highest BCUT2D eigenvalue weighted by Gasteiger charge is 2.01. The van der Waals surface area contributed by atoms with Gasteiger partial charge in [0.05, 0.1) is 5.69 Å². The van der Waals surface area contributed by atoms with Gasteiger partial charge >= 0.3 is 0 Å². The first-order chi connectivity index (χ1) is 8.69. The number of rotatable bonds is 4. The van der Waals surface area contributed by atoms with Gasteiger partial charge in [0.15, 0.2) is 5.13 Å². The summed E-state index contributed by atoms with van der Waals surface area (Å²) in [7, 11) is 0. The Balaban J connectivity index is 2.08. The molecule has 1 aromatic heterocycles. The molecule has 3 heteroatoms. The number of hydrogen-bond donors (Lipinski definition) is 1. The van der Waals surface area contributed by atoms with Gasteiger partial charge < -0.3 is 5.73 Å². The molecule has 0 saturated carbocycles. The maximum Gasteiger partial charge on any atom is 0.180 e. The lowest BCUT2D eigenvalue weighted by Gasteiger charge is -2.08. The molecule has 2 rings (SSSR count). The van der Waals surface area contributed by atoms with Crippen LogP contribution < -0.4 is 5.73 Å². The lowest BCUT2D eigenvalue weighted by atomic mass is 9.97. The van der Waals surface area contributed by atoms with Gasteiger partial charge in [-0.15, -0.1) is 11.3 Å². The molecular weight excluding hydrogens is 240 g/mol. The number of nitrogens with zero attached hydrogens (tertiary/aromatic N) is 1. The Morgan fingerprint density at radius 1 is 1.28 bits per heavy atom. The van der Waals surface area contributed by atoms with Crippen LogP contribution in [-0.4, -0.2) is 4.98 Å². The molecule has 0 spiro atoms. The van der Waals surface area contributed by atoms with E-state index in [0.717, 1.165) is 5.69 Å². The Morgan fingerprint density at radius 3 is 2.56 bits per heavy atom. The number of hydrogen-bond acceptors (Lipinski definition) is 3. The van der Waals surface area contributed by atoms with Gasteiger partial charge in [0.1, 0.15) is 0 Å². The fourth-order valence-corrected chi connectivity index (χ4v) is 2.26. The van der Waals surface area contributed by atoms with Crippen LogP contribution in [0.5, 0.6) is 0 Å². The summed E-state index contributed by atoms with van der Waals surface area (Å²) >= 11 is 1.46. The second-order valence-corrected chi connectivity index (χ2v) is 5.31. The highest BCUT2D eigenvalue weighted by molar-refractivity contribution is 7.13. The van der Waals surface area contributed by atoms with Crippen LogP contribution in [0.25, 0.3) is 12.2 Å². The molecule has 0 saturated heterocycles. The van der Waals surface area contributed by atoms with Crippen LogP contribution in [0, 0.1) is 0 Å². The van der Waals surface area contributed by atoms with E-state index in [1.165, 1.54) is 28.9 Å². The fourth-order valence-electron chi connectivity index (χ4n) is 1.73. The van der Waals surface area contributed by atoms with E-state index in [1.54, 1.807) is 0 Å². The van der Waals surface area contributed by atoms with Crippen molar-refractivity contribution in [1.82, 2.24) is 4.98 Å². The molecule has 2 nitrogen and oxygen atoms in total. The molecule has 94 valence electrons. The van der Waals surface area contributed by atoms with Gasteiger partial charge in [-0.05, 0) is 29.5 Å². The van der Waals surface area contributed by atoms with E-state index in [4.69, 9.17) is 5.73 Å². The van der Waals surface area contributed by atoms with E-state index in [0.29, 0.717) is 11.0 Å². The van der Waals surface area contributed by atoms with Crippen LogP contribution in [0.4, 0.5) is 5.13 Å². The summed E-state index contributed by atoms with van der Waals surface area (Å²) in [5.74, 6) is 0.626. The minimum atomic E-state index is 0.613. The van der Waals surface area contributed by atoms with Gasteiger partial charge in [-0.1, -0.05) is 44.2 Å². The van der Waals surface area contributed by atoms with Crippen molar-refractivity contribution in [3.63, 3.8) is 0 Å². The Bertz CT molecular complexity index is 526. The first-order valence-electron chi connectivity index (χ1n) is 6.18. The number of benzene rings is 1. The van der Waals surface area contributed by atoms with Gasteiger partial charge in [0.25, 0.3) is 0 Å². The summed E-state index contributed by atoms with van der Waals surface area (Å²) in [6.07, 6.45) is 5.23. The van der Waals surface area contributed by atoms with Crippen LogP contribution in [0.3, 0.4) is 0 Å². The molecule has 0 aliphatic rings. The third kappa shape index (κ3) is 3.20. The van der Waals surface area contributed by atoms with Crippen molar-refractivity contribution in [3.05, 3.63) is 46.5 Å². The smallest absolute Gasteiger partial charge is 0.180 e. The minimum absolute atomic E-state index is 0.613. The normalized spacial score (nSPS) is 13.0. The Labute approximate surface area is 112 Å². The molecular formula is C15H18N2S. The topological polar surface area (TPSA) is 38.9 Å². The maximum atomic E-state index is 5.59. The average molecular weight is 258 g/mol. The average Bonchev–Trinajstić information content (AvgIpc) is 2.82. The first kappa shape index (κ1) is 12.8. The number of aromatic nitrogens is 1. The van der Waals surface area contributed by atoms with Crippen LogP contribution in [-0.2, 0) is 0 Å². The molecule has 1 heterocycles. The van der Waals surface area contributed by atoms with Gasteiger partial charge in [-0.2, -0.15) is 0 Å². The Kier molecular flexibility index (Phi) is 4.15. The largest absolute Gasteiger partial charge is 0.375 e. The summed E-state index contributed by atoms with van der Waals surface area (Å²) in [5.41, 5.74) is 9.09. The van der Waals surface area contributed by atoms with Crippen LogP contribution in [0.15, 0.2) is 29.6 Å². The van der Waals surface area contributed by atoms with E-state index in [-0.39, 0.29) is 0 Å². The molecule has 0 aliphatic heterocycles. The molecule has 0 radical (unpaired) electrons. The van der Waals surface area contributed by atoms with Crippen molar-refractivity contribution >= 4 is 28.6 Å². The molecule has 1 unspecified atom stereocenters. The van der Waals surface area contributed by atoms with Crippen molar-refractivity contribution in [2.75, 3.05) is 5.73 Å². The van der Waals surface area contributed by atoms with Crippen molar-refractivity contribution < 1.29 is 0 Å². The molecule has 0 bridgehead atoms. The standard InChI is InChI=1S/C15H18N2S/c1-3-11(2)13-7-4-12(5-8-13)6-9-14-10-18-15(16)17-14/h4-11H,3H2,1-2H3,(H2,16,17). The zero-order chi connectivity index (χ0) is 13.0. The molecule has 18 heavy (non-hydrogen) atoms. The fraction of sp³-hybridized carbons (Fsp3) is 0.267. The Morgan fingerprint density at radius 2 is 2.00 bits per heavy atom. The molecule has 1 aromatic carbocycles. The molecule has 0 amide bonds.